The summed E-state index contributed by atoms with van der Waals surface area (Å²) in [6.45, 7) is 2.01. The number of aromatic nitrogens is 3. The summed E-state index contributed by atoms with van der Waals surface area (Å²) in [6.07, 6.45) is 3.26. The Morgan fingerprint density at radius 3 is 2.74 bits per heavy atom. The van der Waals surface area contributed by atoms with Crippen LogP contribution < -0.4 is 4.74 Å². The van der Waals surface area contributed by atoms with Gasteiger partial charge in [-0.15, -0.1) is 0 Å². The Balaban J connectivity index is 1.94. The fraction of sp³-hybridized carbons (Fsp3) is 0.0714. The second kappa shape index (κ2) is 4.93. The number of nitrogens with zero attached hydrogens (tertiary/aromatic N) is 3. The molecule has 0 radical (unpaired) electrons. The highest BCUT2D eigenvalue weighted by molar-refractivity contribution is 9.10. The van der Waals surface area contributed by atoms with Gasteiger partial charge in [0, 0.05) is 22.9 Å². The van der Waals surface area contributed by atoms with Crippen molar-refractivity contribution in [1.82, 2.24) is 15.0 Å². The lowest BCUT2D eigenvalue weighted by Crippen LogP contribution is -1.91. The van der Waals surface area contributed by atoms with Crippen LogP contribution in [0.2, 0.25) is 0 Å². The second-order valence-corrected chi connectivity index (χ2v) is 4.92. The van der Waals surface area contributed by atoms with Crippen LogP contribution in [-0.4, -0.2) is 15.0 Å². The number of halogens is 1. The van der Waals surface area contributed by atoms with Gasteiger partial charge in [-0.25, -0.2) is 4.98 Å². The molecule has 5 heteroatoms. The Kier molecular flexibility index (Phi) is 3.13. The maximum atomic E-state index is 5.72. The van der Waals surface area contributed by atoms with E-state index in [-0.39, 0.29) is 0 Å². The zero-order chi connectivity index (χ0) is 13.2. The van der Waals surface area contributed by atoms with Gasteiger partial charge in [-0.2, -0.15) is 4.98 Å². The molecule has 3 rings (SSSR count). The minimum absolute atomic E-state index is 0.509. The largest absolute Gasteiger partial charge is 0.439 e. The van der Waals surface area contributed by atoms with Gasteiger partial charge in [0.2, 0.25) is 5.88 Å². The summed E-state index contributed by atoms with van der Waals surface area (Å²) in [5, 5.41) is 0. The first-order chi connectivity index (χ1) is 9.22. The van der Waals surface area contributed by atoms with E-state index >= 15 is 0 Å². The van der Waals surface area contributed by atoms with Crippen molar-refractivity contribution in [1.29, 1.82) is 0 Å². The van der Waals surface area contributed by atoms with Crippen molar-refractivity contribution in [2.75, 3.05) is 0 Å². The Morgan fingerprint density at radius 1 is 1.05 bits per heavy atom. The van der Waals surface area contributed by atoms with Gasteiger partial charge >= 0.3 is 0 Å². The molecule has 0 atom stereocenters. The molecule has 0 saturated carbocycles. The Hall–Kier alpha value is -2.01. The van der Waals surface area contributed by atoms with Gasteiger partial charge in [-0.3, -0.25) is 4.98 Å². The van der Waals surface area contributed by atoms with Crippen molar-refractivity contribution in [3.8, 4) is 11.6 Å². The molecule has 0 spiro atoms. The Bertz CT molecular complexity index is 746. The number of rotatable bonds is 2. The summed E-state index contributed by atoms with van der Waals surface area (Å²) < 4.78 is 6.78. The normalized spacial score (nSPS) is 10.6. The van der Waals surface area contributed by atoms with Crippen molar-refractivity contribution >= 4 is 27.1 Å². The number of fused-ring (bicyclic) bond motifs is 1. The number of benzene rings is 1. The summed E-state index contributed by atoms with van der Waals surface area (Å²) in [5.41, 5.74) is 2.44. The van der Waals surface area contributed by atoms with E-state index < -0.39 is 0 Å². The average molecular weight is 316 g/mol. The molecule has 4 nitrogen and oxygen atoms in total. The van der Waals surface area contributed by atoms with E-state index in [9.17, 15) is 0 Å². The molecule has 0 unspecified atom stereocenters. The van der Waals surface area contributed by atoms with Gasteiger partial charge in [0.15, 0.2) is 5.65 Å². The van der Waals surface area contributed by atoms with Crippen LogP contribution in [0.25, 0.3) is 11.2 Å². The molecule has 0 N–H and O–H groups in total. The van der Waals surface area contributed by atoms with E-state index in [1.165, 1.54) is 0 Å². The summed E-state index contributed by atoms with van der Waals surface area (Å²) in [5.74, 6) is 1.26. The van der Waals surface area contributed by atoms with Crippen molar-refractivity contribution in [3.63, 3.8) is 0 Å². The lowest BCUT2D eigenvalue weighted by atomic mass is 10.2. The molecule has 19 heavy (non-hydrogen) atoms. The number of ether oxygens (including phenoxy) is 1. The van der Waals surface area contributed by atoms with E-state index in [0.717, 1.165) is 21.3 Å². The topological polar surface area (TPSA) is 47.9 Å². The molecule has 0 fully saturated rings. The predicted octanol–water partition coefficient (Wildman–Crippen LogP) is 3.89. The standard InChI is InChI=1S/C14H10BrN3O/c1-9-8-10(2-3-11(9)15)19-13-5-4-12-14(18-13)17-7-6-16-12/h2-8H,1H3. The van der Waals surface area contributed by atoms with Gasteiger partial charge in [0.05, 0.1) is 0 Å². The molecular formula is C14H10BrN3O. The van der Waals surface area contributed by atoms with Crippen LogP contribution in [0, 0.1) is 6.92 Å². The molecule has 94 valence electrons. The third-order valence-corrected chi connectivity index (χ3v) is 3.55. The van der Waals surface area contributed by atoms with Crippen LogP contribution in [0.4, 0.5) is 0 Å². The summed E-state index contributed by atoms with van der Waals surface area (Å²) >= 11 is 3.46. The van der Waals surface area contributed by atoms with E-state index in [1.54, 1.807) is 18.5 Å². The van der Waals surface area contributed by atoms with Crippen molar-refractivity contribution in [3.05, 3.63) is 52.8 Å². The SMILES string of the molecule is Cc1cc(Oc2ccc3nccnc3n2)ccc1Br. The molecule has 2 heterocycles. The molecular weight excluding hydrogens is 306 g/mol. The first-order valence-corrected chi connectivity index (χ1v) is 6.53. The maximum Gasteiger partial charge on any atom is 0.221 e. The average Bonchev–Trinajstić information content (AvgIpc) is 2.43. The van der Waals surface area contributed by atoms with Crippen LogP contribution in [0.5, 0.6) is 11.6 Å². The number of hydrogen-bond acceptors (Lipinski definition) is 4. The summed E-state index contributed by atoms with van der Waals surface area (Å²) in [4.78, 5) is 12.6. The molecule has 0 saturated heterocycles. The number of aryl methyl sites for hydroxylation is 1. The van der Waals surface area contributed by atoms with E-state index in [0.29, 0.717) is 11.5 Å². The van der Waals surface area contributed by atoms with Gasteiger partial charge in [-0.1, -0.05) is 15.9 Å². The molecule has 3 aromatic rings. The van der Waals surface area contributed by atoms with Crippen LogP contribution in [0.3, 0.4) is 0 Å². The van der Waals surface area contributed by atoms with Crippen LogP contribution in [-0.2, 0) is 0 Å². The van der Waals surface area contributed by atoms with E-state index in [1.807, 2.05) is 31.2 Å². The zero-order valence-electron chi connectivity index (χ0n) is 10.2. The van der Waals surface area contributed by atoms with E-state index in [4.69, 9.17) is 4.74 Å². The van der Waals surface area contributed by atoms with Gasteiger partial charge < -0.3 is 4.74 Å². The smallest absolute Gasteiger partial charge is 0.221 e. The molecule has 0 aliphatic heterocycles. The highest BCUT2D eigenvalue weighted by atomic mass is 79.9. The Morgan fingerprint density at radius 2 is 1.89 bits per heavy atom. The predicted molar refractivity (Wildman–Crippen MR) is 76.3 cm³/mol. The van der Waals surface area contributed by atoms with Crippen molar-refractivity contribution < 1.29 is 4.74 Å². The lowest BCUT2D eigenvalue weighted by Gasteiger charge is -2.06. The number of pyridine rings is 1. The first kappa shape index (κ1) is 12.0. The molecule has 0 amide bonds. The van der Waals surface area contributed by atoms with Crippen LogP contribution >= 0.6 is 15.9 Å². The zero-order valence-corrected chi connectivity index (χ0v) is 11.8. The highest BCUT2D eigenvalue weighted by Crippen LogP contribution is 2.25. The molecule has 0 bridgehead atoms. The van der Waals surface area contributed by atoms with Crippen LogP contribution in [0.15, 0.2) is 47.2 Å². The first-order valence-electron chi connectivity index (χ1n) is 5.74. The minimum Gasteiger partial charge on any atom is -0.439 e. The van der Waals surface area contributed by atoms with Crippen molar-refractivity contribution in [2.45, 2.75) is 6.92 Å². The minimum atomic E-state index is 0.509. The van der Waals surface area contributed by atoms with Crippen molar-refractivity contribution in [2.24, 2.45) is 0 Å². The third kappa shape index (κ3) is 2.56. The second-order valence-electron chi connectivity index (χ2n) is 4.06. The fourth-order valence-electron chi connectivity index (χ4n) is 1.70. The molecule has 2 aromatic heterocycles. The summed E-state index contributed by atoms with van der Waals surface area (Å²) in [7, 11) is 0. The van der Waals surface area contributed by atoms with Crippen LogP contribution in [0.1, 0.15) is 5.56 Å². The Labute approximate surface area is 118 Å². The third-order valence-electron chi connectivity index (χ3n) is 2.66. The summed E-state index contributed by atoms with van der Waals surface area (Å²) in [6, 6.07) is 9.42. The van der Waals surface area contributed by atoms with Gasteiger partial charge in [0.1, 0.15) is 11.3 Å². The quantitative estimate of drug-likeness (QED) is 0.720. The monoisotopic (exact) mass is 315 g/mol. The van der Waals surface area contributed by atoms with Gasteiger partial charge in [-0.05, 0) is 36.8 Å². The molecule has 0 aliphatic rings. The number of hydrogen-bond donors (Lipinski definition) is 0. The van der Waals surface area contributed by atoms with E-state index in [2.05, 4.69) is 30.9 Å². The maximum absolute atomic E-state index is 5.72. The van der Waals surface area contributed by atoms with Gasteiger partial charge in [0.25, 0.3) is 0 Å². The molecule has 1 aromatic carbocycles. The highest BCUT2D eigenvalue weighted by Gasteiger charge is 2.03. The molecule has 0 aliphatic carbocycles. The lowest BCUT2D eigenvalue weighted by molar-refractivity contribution is 0.464. The fourth-order valence-corrected chi connectivity index (χ4v) is 1.94.